The average Bonchev–Trinajstić information content (AvgIpc) is 2.41. The fourth-order valence-electron chi connectivity index (χ4n) is 2.62. The number of hydrogen-bond acceptors (Lipinski definition) is 2. The molecule has 4 heteroatoms. The third kappa shape index (κ3) is 4.27. The summed E-state index contributed by atoms with van der Waals surface area (Å²) in [7, 11) is 0. The monoisotopic (exact) mass is 301 g/mol. The second-order valence-electron chi connectivity index (χ2n) is 5.22. The highest BCUT2D eigenvalue weighted by Crippen LogP contribution is 2.31. The van der Waals surface area contributed by atoms with E-state index in [1.807, 2.05) is 12.1 Å². The summed E-state index contributed by atoms with van der Waals surface area (Å²) >= 11 is 12.0. The van der Waals surface area contributed by atoms with Crippen LogP contribution in [-0.4, -0.2) is 19.2 Å². The summed E-state index contributed by atoms with van der Waals surface area (Å²) < 4.78 is 5.67. The first-order valence-electron chi connectivity index (χ1n) is 6.98. The number of halogens is 2. The molecule has 0 aromatic heterocycles. The van der Waals surface area contributed by atoms with Gasteiger partial charge in [-0.1, -0.05) is 49.0 Å². The van der Waals surface area contributed by atoms with Crippen LogP contribution >= 0.6 is 23.2 Å². The number of rotatable bonds is 5. The lowest BCUT2D eigenvalue weighted by atomic mass is 9.86. The first-order valence-corrected chi connectivity index (χ1v) is 7.74. The lowest BCUT2D eigenvalue weighted by Crippen LogP contribution is -2.39. The molecule has 1 aromatic rings. The Hall–Kier alpha value is -0.440. The first-order chi connectivity index (χ1) is 9.18. The molecular formula is C15H21Cl2NO. The molecular weight excluding hydrogens is 281 g/mol. The van der Waals surface area contributed by atoms with Gasteiger partial charge in [0.2, 0.25) is 0 Å². The molecule has 1 aliphatic carbocycles. The molecule has 0 saturated heterocycles. The van der Waals surface area contributed by atoms with Crippen molar-refractivity contribution in [3.05, 3.63) is 28.2 Å². The van der Waals surface area contributed by atoms with E-state index < -0.39 is 0 Å². The zero-order valence-electron chi connectivity index (χ0n) is 11.3. The highest BCUT2D eigenvalue weighted by molar-refractivity contribution is 6.42. The van der Waals surface area contributed by atoms with Gasteiger partial charge in [-0.05, 0) is 30.9 Å². The lowest BCUT2D eigenvalue weighted by Gasteiger charge is -2.29. The minimum absolute atomic E-state index is 0.496. The Bertz CT molecular complexity index is 411. The fraction of sp³-hybridized carbons (Fsp3) is 0.600. The molecule has 0 amide bonds. The van der Waals surface area contributed by atoms with E-state index in [9.17, 15) is 0 Å². The zero-order valence-corrected chi connectivity index (χ0v) is 12.8. The summed E-state index contributed by atoms with van der Waals surface area (Å²) in [6, 6.07) is 6.09. The Balaban J connectivity index is 1.73. The van der Waals surface area contributed by atoms with Crippen molar-refractivity contribution in [2.75, 3.05) is 13.2 Å². The molecule has 0 heterocycles. The Morgan fingerprint density at radius 1 is 1.26 bits per heavy atom. The summed E-state index contributed by atoms with van der Waals surface area (Å²) in [5.74, 6) is 1.43. The van der Waals surface area contributed by atoms with Gasteiger partial charge in [0.15, 0.2) is 0 Å². The van der Waals surface area contributed by atoms with Gasteiger partial charge in [-0.2, -0.15) is 0 Å². The van der Waals surface area contributed by atoms with E-state index in [2.05, 4.69) is 12.2 Å². The van der Waals surface area contributed by atoms with E-state index in [4.69, 9.17) is 27.9 Å². The molecule has 1 N–H and O–H groups in total. The van der Waals surface area contributed by atoms with Gasteiger partial charge < -0.3 is 10.1 Å². The predicted molar refractivity (Wildman–Crippen MR) is 81.4 cm³/mol. The molecule has 2 rings (SSSR count). The van der Waals surface area contributed by atoms with E-state index in [0.717, 1.165) is 12.5 Å². The largest absolute Gasteiger partial charge is 0.491 e. The number of hydrogen-bond donors (Lipinski definition) is 1. The topological polar surface area (TPSA) is 21.3 Å². The Labute approximate surface area is 125 Å². The van der Waals surface area contributed by atoms with Gasteiger partial charge in [0.25, 0.3) is 0 Å². The van der Waals surface area contributed by atoms with Crippen molar-refractivity contribution in [1.82, 2.24) is 5.32 Å². The summed E-state index contributed by atoms with van der Waals surface area (Å²) in [5.41, 5.74) is 0. The van der Waals surface area contributed by atoms with Crippen LogP contribution in [0.4, 0.5) is 0 Å². The van der Waals surface area contributed by atoms with Crippen LogP contribution in [0.2, 0.25) is 10.0 Å². The van der Waals surface area contributed by atoms with Crippen LogP contribution in [0.15, 0.2) is 18.2 Å². The molecule has 0 aliphatic heterocycles. The van der Waals surface area contributed by atoms with E-state index in [-0.39, 0.29) is 0 Å². The molecule has 1 fully saturated rings. The van der Waals surface area contributed by atoms with Crippen molar-refractivity contribution in [3.8, 4) is 5.75 Å². The Morgan fingerprint density at radius 3 is 2.84 bits per heavy atom. The normalized spacial score (nSPS) is 23.3. The number of nitrogens with one attached hydrogen (secondary N) is 1. The van der Waals surface area contributed by atoms with Gasteiger partial charge in [0.1, 0.15) is 17.4 Å². The molecule has 2 atom stereocenters. The summed E-state index contributed by atoms with van der Waals surface area (Å²) in [6.07, 6.45) is 5.31. The maximum atomic E-state index is 6.07. The molecule has 2 nitrogen and oxygen atoms in total. The second-order valence-corrected chi connectivity index (χ2v) is 6.01. The molecule has 1 aromatic carbocycles. The maximum Gasteiger partial charge on any atom is 0.139 e. The van der Waals surface area contributed by atoms with Crippen LogP contribution in [0.5, 0.6) is 5.75 Å². The van der Waals surface area contributed by atoms with E-state index >= 15 is 0 Å². The first kappa shape index (κ1) is 15.0. The third-order valence-electron chi connectivity index (χ3n) is 3.79. The highest BCUT2D eigenvalue weighted by Gasteiger charge is 2.20. The SMILES string of the molecule is CC1CCCCC1NCCOc1cccc(Cl)c1Cl. The summed E-state index contributed by atoms with van der Waals surface area (Å²) in [6.45, 7) is 3.78. The van der Waals surface area contributed by atoms with Crippen molar-refractivity contribution in [1.29, 1.82) is 0 Å². The van der Waals surface area contributed by atoms with Crippen molar-refractivity contribution < 1.29 is 4.74 Å². The molecule has 106 valence electrons. The fourth-order valence-corrected chi connectivity index (χ4v) is 2.97. The highest BCUT2D eigenvalue weighted by atomic mass is 35.5. The van der Waals surface area contributed by atoms with Gasteiger partial charge in [-0.3, -0.25) is 0 Å². The number of benzene rings is 1. The minimum Gasteiger partial charge on any atom is -0.491 e. The van der Waals surface area contributed by atoms with Crippen LogP contribution in [-0.2, 0) is 0 Å². The lowest BCUT2D eigenvalue weighted by molar-refractivity contribution is 0.251. The molecule has 2 unspecified atom stereocenters. The second kappa shape index (κ2) is 7.37. The van der Waals surface area contributed by atoms with Crippen LogP contribution in [0.3, 0.4) is 0 Å². The standard InChI is InChI=1S/C15H21Cl2NO/c1-11-5-2-3-7-13(11)18-9-10-19-14-8-4-6-12(16)15(14)17/h4,6,8,11,13,18H,2-3,5,7,9-10H2,1H3. The molecule has 19 heavy (non-hydrogen) atoms. The minimum atomic E-state index is 0.496. The molecule has 0 spiro atoms. The van der Waals surface area contributed by atoms with E-state index in [1.165, 1.54) is 25.7 Å². The van der Waals surface area contributed by atoms with Crippen molar-refractivity contribution in [2.45, 2.75) is 38.6 Å². The Morgan fingerprint density at radius 2 is 2.05 bits per heavy atom. The molecule has 0 bridgehead atoms. The van der Waals surface area contributed by atoms with Gasteiger partial charge in [0, 0.05) is 12.6 Å². The van der Waals surface area contributed by atoms with Crippen LogP contribution in [0.1, 0.15) is 32.6 Å². The maximum absolute atomic E-state index is 6.07. The summed E-state index contributed by atoms with van der Waals surface area (Å²) in [4.78, 5) is 0. The smallest absolute Gasteiger partial charge is 0.139 e. The quantitative estimate of drug-likeness (QED) is 0.806. The zero-order chi connectivity index (χ0) is 13.7. The van der Waals surface area contributed by atoms with Gasteiger partial charge >= 0.3 is 0 Å². The van der Waals surface area contributed by atoms with Crippen LogP contribution < -0.4 is 10.1 Å². The van der Waals surface area contributed by atoms with Crippen LogP contribution in [0, 0.1) is 5.92 Å². The number of ether oxygens (including phenoxy) is 1. The Kier molecular flexibility index (Phi) is 5.80. The predicted octanol–water partition coefficient (Wildman–Crippen LogP) is 4.54. The molecule has 1 saturated carbocycles. The summed E-state index contributed by atoms with van der Waals surface area (Å²) in [5, 5.41) is 4.61. The molecule has 0 radical (unpaired) electrons. The molecule has 1 aliphatic rings. The van der Waals surface area contributed by atoms with E-state index in [1.54, 1.807) is 6.07 Å². The van der Waals surface area contributed by atoms with Gasteiger partial charge in [0.05, 0.1) is 5.02 Å². The van der Waals surface area contributed by atoms with Crippen molar-refractivity contribution in [2.24, 2.45) is 5.92 Å². The average molecular weight is 302 g/mol. The van der Waals surface area contributed by atoms with Gasteiger partial charge in [-0.15, -0.1) is 0 Å². The van der Waals surface area contributed by atoms with Crippen molar-refractivity contribution in [3.63, 3.8) is 0 Å². The van der Waals surface area contributed by atoms with Crippen molar-refractivity contribution >= 4 is 23.2 Å². The van der Waals surface area contributed by atoms with E-state index in [0.29, 0.717) is 28.4 Å². The van der Waals surface area contributed by atoms with Gasteiger partial charge in [-0.25, -0.2) is 0 Å². The van der Waals surface area contributed by atoms with Crippen LogP contribution in [0.25, 0.3) is 0 Å². The third-order valence-corrected chi connectivity index (χ3v) is 4.60.